The van der Waals surface area contributed by atoms with Crippen LogP contribution in [0.5, 0.6) is 5.75 Å². The molecule has 3 aromatic carbocycles. The number of amides is 3. The first-order valence-electron chi connectivity index (χ1n) is 15.0. The topological polar surface area (TPSA) is 126 Å². The average molecular weight is 620 g/mol. The highest BCUT2D eigenvalue weighted by atomic mass is 35.5. The summed E-state index contributed by atoms with van der Waals surface area (Å²) in [6, 6.07) is 21.5. The van der Waals surface area contributed by atoms with Gasteiger partial charge in [0.25, 0.3) is 5.91 Å². The van der Waals surface area contributed by atoms with Gasteiger partial charge in [-0.3, -0.25) is 24.6 Å². The molecule has 10 heteroatoms. The molecule has 2 fully saturated rings. The number of nitrogens with zero attached hydrogens (tertiary/aromatic N) is 1. The number of benzene rings is 3. The van der Waals surface area contributed by atoms with Crippen LogP contribution in [-0.2, 0) is 21.5 Å². The van der Waals surface area contributed by atoms with Crippen molar-refractivity contribution in [2.24, 2.45) is 0 Å². The van der Waals surface area contributed by atoms with Crippen LogP contribution in [0.25, 0.3) is 0 Å². The van der Waals surface area contributed by atoms with Gasteiger partial charge < -0.3 is 21.1 Å². The second kappa shape index (κ2) is 14.6. The molecule has 0 saturated carbocycles. The molecule has 2 saturated heterocycles. The Morgan fingerprint density at radius 1 is 1.14 bits per heavy atom. The Bertz CT molecular complexity index is 1470. The lowest BCUT2D eigenvalue weighted by Crippen LogP contribution is -2.51. The number of nitrogen functional groups attached to an aromatic ring is 1. The molecule has 5 rings (SSSR count). The van der Waals surface area contributed by atoms with Gasteiger partial charge in [-0.05, 0) is 55.5 Å². The molecule has 9 nitrogen and oxygen atoms in total. The van der Waals surface area contributed by atoms with Crippen LogP contribution in [0, 0.1) is 0 Å². The zero-order valence-electron chi connectivity index (χ0n) is 25.8. The summed E-state index contributed by atoms with van der Waals surface area (Å²) in [6.45, 7) is 5.97. The Balaban J connectivity index is 0.000000223. The Kier molecular flexibility index (Phi) is 10.9. The van der Waals surface area contributed by atoms with Crippen LogP contribution in [0.4, 0.5) is 11.4 Å². The molecule has 0 bridgehead atoms. The summed E-state index contributed by atoms with van der Waals surface area (Å²) in [5.41, 5.74) is 9.13. The number of nitrogens with two attached hydrogens (primary N) is 1. The van der Waals surface area contributed by atoms with E-state index in [-0.39, 0.29) is 29.8 Å². The smallest absolute Gasteiger partial charge is 0.255 e. The van der Waals surface area contributed by atoms with E-state index in [0.717, 1.165) is 30.8 Å². The van der Waals surface area contributed by atoms with Gasteiger partial charge in [0, 0.05) is 50.4 Å². The van der Waals surface area contributed by atoms with Crippen molar-refractivity contribution < 1.29 is 19.1 Å². The standard InChI is InChI=1S/C21H26ClN3O2.C13H16N2O2/c1-14-18(9-10-25(14)13-15-7-5-4-6-8-15)24-21(26)16-11-17(22)19(23-2)12-20(16)27-3;1-2-13(8-7-11(16)15-12(13)17)9-3-5-10(14)6-4-9/h4-8,11-12,14,18,23H,9-10,13H2,1-3H3,(H,24,26);3-6H,2,7-8,14H2,1H3,(H,15,16,17)/t14-,18-;/m0./s1. The molecule has 2 heterocycles. The quantitative estimate of drug-likeness (QED) is 0.203. The van der Waals surface area contributed by atoms with Crippen molar-refractivity contribution in [2.75, 3.05) is 31.8 Å². The highest BCUT2D eigenvalue weighted by molar-refractivity contribution is 6.33. The van der Waals surface area contributed by atoms with Crippen molar-refractivity contribution in [1.29, 1.82) is 0 Å². The number of hydrogen-bond acceptors (Lipinski definition) is 7. The second-order valence-electron chi connectivity index (χ2n) is 11.3. The van der Waals surface area contributed by atoms with E-state index in [9.17, 15) is 14.4 Å². The number of carbonyl (C=O) groups excluding carboxylic acids is 3. The third-order valence-electron chi connectivity index (χ3n) is 8.77. The van der Waals surface area contributed by atoms with E-state index >= 15 is 0 Å². The average Bonchev–Trinajstić information content (AvgIpc) is 3.36. The van der Waals surface area contributed by atoms with Crippen LogP contribution in [0.3, 0.4) is 0 Å². The fourth-order valence-electron chi connectivity index (χ4n) is 5.94. The lowest BCUT2D eigenvalue weighted by molar-refractivity contribution is -0.138. The lowest BCUT2D eigenvalue weighted by atomic mass is 9.72. The van der Waals surface area contributed by atoms with Crippen molar-refractivity contribution in [3.63, 3.8) is 0 Å². The number of carbonyl (C=O) groups is 3. The molecule has 2 aliphatic rings. The summed E-state index contributed by atoms with van der Waals surface area (Å²) in [6.07, 6.45) is 2.56. The third-order valence-corrected chi connectivity index (χ3v) is 9.08. The Labute approximate surface area is 264 Å². The Morgan fingerprint density at radius 2 is 1.84 bits per heavy atom. The minimum absolute atomic E-state index is 0.0914. The Morgan fingerprint density at radius 3 is 2.45 bits per heavy atom. The Hall–Kier alpha value is -4.08. The van der Waals surface area contributed by atoms with Crippen LogP contribution in [0.2, 0.25) is 5.02 Å². The minimum Gasteiger partial charge on any atom is -0.496 e. The first-order chi connectivity index (χ1) is 21.1. The number of halogens is 1. The van der Waals surface area contributed by atoms with Crippen molar-refractivity contribution in [1.82, 2.24) is 15.5 Å². The number of hydrogen-bond donors (Lipinski definition) is 4. The second-order valence-corrected chi connectivity index (χ2v) is 11.7. The summed E-state index contributed by atoms with van der Waals surface area (Å²) in [7, 11) is 3.33. The predicted molar refractivity (Wildman–Crippen MR) is 175 cm³/mol. The normalized spacial score (nSPS) is 21.6. The van der Waals surface area contributed by atoms with Gasteiger partial charge in [0.15, 0.2) is 0 Å². The van der Waals surface area contributed by atoms with Gasteiger partial charge >= 0.3 is 0 Å². The zero-order valence-corrected chi connectivity index (χ0v) is 26.5. The zero-order chi connectivity index (χ0) is 31.9. The molecular formula is C34H42ClN5O4. The maximum Gasteiger partial charge on any atom is 0.255 e. The molecule has 2 aliphatic heterocycles. The summed E-state index contributed by atoms with van der Waals surface area (Å²) in [4.78, 5) is 38.5. The molecule has 3 amide bonds. The highest BCUT2D eigenvalue weighted by Crippen LogP contribution is 2.36. The molecular weight excluding hydrogens is 578 g/mol. The van der Waals surface area contributed by atoms with Gasteiger partial charge in [0.05, 0.1) is 28.8 Å². The van der Waals surface area contributed by atoms with Crippen molar-refractivity contribution in [2.45, 2.75) is 63.6 Å². The number of nitrogens with one attached hydrogen (secondary N) is 3. The molecule has 0 aliphatic carbocycles. The molecule has 44 heavy (non-hydrogen) atoms. The van der Waals surface area contributed by atoms with E-state index < -0.39 is 5.41 Å². The van der Waals surface area contributed by atoms with Gasteiger partial charge in [-0.2, -0.15) is 0 Å². The number of methoxy groups -OCH3 is 1. The number of ether oxygens (including phenoxy) is 1. The first kappa shape index (κ1) is 32.8. The molecule has 3 aromatic rings. The fourth-order valence-corrected chi connectivity index (χ4v) is 6.20. The van der Waals surface area contributed by atoms with Gasteiger partial charge in [-0.15, -0.1) is 0 Å². The molecule has 1 unspecified atom stereocenters. The van der Waals surface area contributed by atoms with Gasteiger partial charge in [0.2, 0.25) is 11.8 Å². The van der Waals surface area contributed by atoms with Crippen LogP contribution < -0.4 is 26.4 Å². The molecule has 5 N–H and O–H groups in total. The molecule has 0 spiro atoms. The van der Waals surface area contributed by atoms with E-state index in [1.165, 1.54) is 5.56 Å². The van der Waals surface area contributed by atoms with E-state index in [2.05, 4.69) is 52.0 Å². The lowest BCUT2D eigenvalue weighted by Gasteiger charge is -2.34. The van der Waals surface area contributed by atoms with Crippen LogP contribution in [0.1, 0.15) is 61.0 Å². The number of piperidine rings is 1. The largest absolute Gasteiger partial charge is 0.496 e. The van der Waals surface area contributed by atoms with Crippen molar-refractivity contribution >= 4 is 40.7 Å². The summed E-state index contributed by atoms with van der Waals surface area (Å²) < 4.78 is 5.39. The fraction of sp³-hybridized carbons (Fsp3) is 0.382. The van der Waals surface area contributed by atoms with E-state index in [0.29, 0.717) is 41.3 Å². The number of imide groups is 1. The van der Waals surface area contributed by atoms with Crippen LogP contribution in [0.15, 0.2) is 66.7 Å². The number of likely N-dealkylation sites (tertiary alicyclic amines) is 1. The first-order valence-corrected chi connectivity index (χ1v) is 15.3. The maximum atomic E-state index is 12.9. The number of rotatable bonds is 8. The van der Waals surface area contributed by atoms with Crippen LogP contribution >= 0.6 is 11.6 Å². The monoisotopic (exact) mass is 619 g/mol. The SMILES string of the molecule is CCC1(c2ccc(N)cc2)CCC(=O)NC1=O.CNc1cc(OC)c(C(=O)N[C@H]2CCN(Cc3ccccc3)[C@H]2C)cc1Cl. The van der Waals surface area contributed by atoms with Crippen LogP contribution in [-0.4, -0.2) is 55.4 Å². The van der Waals surface area contributed by atoms with E-state index in [4.69, 9.17) is 22.1 Å². The summed E-state index contributed by atoms with van der Waals surface area (Å²) in [5, 5.41) is 9.07. The van der Waals surface area contributed by atoms with Gasteiger partial charge in [-0.25, -0.2) is 0 Å². The third kappa shape index (κ3) is 7.34. The van der Waals surface area contributed by atoms with E-state index in [1.807, 2.05) is 25.1 Å². The maximum absolute atomic E-state index is 12.9. The molecule has 234 valence electrons. The van der Waals surface area contributed by atoms with Crippen molar-refractivity contribution in [3.8, 4) is 5.75 Å². The predicted octanol–water partition coefficient (Wildman–Crippen LogP) is 5.14. The minimum atomic E-state index is -0.582. The van der Waals surface area contributed by atoms with Gasteiger partial charge in [0.1, 0.15) is 5.75 Å². The molecule has 0 radical (unpaired) electrons. The van der Waals surface area contributed by atoms with Crippen molar-refractivity contribution in [3.05, 3.63) is 88.4 Å². The molecule has 0 aromatic heterocycles. The number of anilines is 2. The molecule has 3 atom stereocenters. The van der Waals surface area contributed by atoms with E-state index in [1.54, 1.807) is 38.4 Å². The van der Waals surface area contributed by atoms with Gasteiger partial charge in [-0.1, -0.05) is 61.0 Å². The summed E-state index contributed by atoms with van der Waals surface area (Å²) >= 11 is 6.26. The summed E-state index contributed by atoms with van der Waals surface area (Å²) in [5.74, 6) is -0.0293. The highest BCUT2D eigenvalue weighted by Gasteiger charge is 2.42.